The van der Waals surface area contributed by atoms with Crippen LogP contribution in [0.2, 0.25) is 0 Å². The molecule has 0 spiro atoms. The van der Waals surface area contributed by atoms with Gasteiger partial charge in [0.15, 0.2) is 0 Å². The molecule has 6 heteroatoms. The Hall–Kier alpha value is -1.30. The number of carbonyl (C=O) groups excluding carboxylic acids is 1. The van der Waals surface area contributed by atoms with Gasteiger partial charge in [-0.2, -0.15) is 0 Å². The smallest absolute Gasteiger partial charge is 0.329 e. The van der Waals surface area contributed by atoms with Crippen molar-refractivity contribution in [1.82, 2.24) is 10.6 Å². The van der Waals surface area contributed by atoms with E-state index in [1.807, 2.05) is 6.92 Å². The average Bonchev–Trinajstić information content (AvgIpc) is 2.98. The summed E-state index contributed by atoms with van der Waals surface area (Å²) in [5.41, 5.74) is -1.42. The maximum absolute atomic E-state index is 11.7. The van der Waals surface area contributed by atoms with Gasteiger partial charge in [-0.1, -0.05) is 0 Å². The lowest BCUT2D eigenvalue weighted by Crippen LogP contribution is -2.57. The largest absolute Gasteiger partial charge is 0.480 e. The van der Waals surface area contributed by atoms with Crippen LogP contribution in [0.15, 0.2) is 0 Å². The van der Waals surface area contributed by atoms with Crippen LogP contribution >= 0.6 is 0 Å². The van der Waals surface area contributed by atoms with Crippen LogP contribution in [0.25, 0.3) is 0 Å². The Kier molecular flexibility index (Phi) is 2.99. The number of carboxylic acid groups (broad SMARTS) is 1. The highest BCUT2D eigenvalue weighted by atomic mass is 16.5. The molecule has 2 fully saturated rings. The lowest BCUT2D eigenvalue weighted by atomic mass is 9.95. The van der Waals surface area contributed by atoms with E-state index in [9.17, 15) is 9.59 Å². The third kappa shape index (κ3) is 2.69. The van der Waals surface area contributed by atoms with E-state index in [-0.39, 0.29) is 0 Å². The highest BCUT2D eigenvalue weighted by Gasteiger charge is 2.52. The second-order valence-electron chi connectivity index (χ2n) is 5.18. The summed E-state index contributed by atoms with van der Waals surface area (Å²) in [4.78, 5) is 22.7. The van der Waals surface area contributed by atoms with E-state index in [4.69, 9.17) is 9.84 Å². The Morgan fingerprint density at radius 2 is 1.94 bits per heavy atom. The molecule has 96 valence electrons. The molecule has 1 unspecified atom stereocenters. The molecule has 1 atom stereocenters. The van der Waals surface area contributed by atoms with Crippen molar-refractivity contribution in [3.05, 3.63) is 0 Å². The van der Waals surface area contributed by atoms with E-state index < -0.39 is 23.1 Å². The minimum Gasteiger partial charge on any atom is -0.480 e. The molecule has 2 rings (SSSR count). The van der Waals surface area contributed by atoms with E-state index in [1.165, 1.54) is 0 Å². The molecule has 0 aromatic heterocycles. The molecule has 0 aromatic carbocycles. The second-order valence-corrected chi connectivity index (χ2v) is 5.18. The lowest BCUT2D eigenvalue weighted by molar-refractivity contribution is -0.140. The fourth-order valence-electron chi connectivity index (χ4n) is 2.07. The Morgan fingerprint density at radius 1 is 1.24 bits per heavy atom. The van der Waals surface area contributed by atoms with Gasteiger partial charge in [-0.05, 0) is 32.6 Å². The number of nitrogens with one attached hydrogen (secondary N) is 2. The van der Waals surface area contributed by atoms with Gasteiger partial charge in [0.25, 0.3) is 0 Å². The number of amides is 2. The van der Waals surface area contributed by atoms with Gasteiger partial charge in [0.2, 0.25) is 0 Å². The van der Waals surface area contributed by atoms with Gasteiger partial charge in [0, 0.05) is 6.61 Å². The Labute approximate surface area is 99.7 Å². The van der Waals surface area contributed by atoms with Crippen LogP contribution in [0, 0.1) is 0 Å². The van der Waals surface area contributed by atoms with Crippen LogP contribution in [-0.4, -0.2) is 41.4 Å². The first-order chi connectivity index (χ1) is 7.96. The van der Waals surface area contributed by atoms with Gasteiger partial charge in [0.1, 0.15) is 5.54 Å². The summed E-state index contributed by atoms with van der Waals surface area (Å²) in [5, 5.41) is 14.3. The van der Waals surface area contributed by atoms with E-state index in [0.717, 1.165) is 19.4 Å². The monoisotopic (exact) mass is 242 g/mol. The van der Waals surface area contributed by atoms with Crippen molar-refractivity contribution < 1.29 is 19.4 Å². The van der Waals surface area contributed by atoms with Crippen LogP contribution < -0.4 is 10.6 Å². The van der Waals surface area contributed by atoms with E-state index in [2.05, 4.69) is 10.6 Å². The SMILES string of the molecule is CC1(NC(=O)NC2(C(=O)O)CC2)CCCOC1. The molecule has 2 amide bonds. The van der Waals surface area contributed by atoms with Gasteiger partial charge in [-0.25, -0.2) is 9.59 Å². The standard InChI is InChI=1S/C11H18N2O4/c1-10(3-2-6-17-7-10)12-9(16)13-11(4-5-11)8(14)15/h2-7H2,1H3,(H,14,15)(H2,12,13,16). The highest BCUT2D eigenvalue weighted by molar-refractivity contribution is 5.89. The summed E-state index contributed by atoms with van der Waals surface area (Å²) < 4.78 is 5.32. The molecule has 2 aliphatic rings. The highest BCUT2D eigenvalue weighted by Crippen LogP contribution is 2.35. The van der Waals surface area contributed by atoms with Crippen LogP contribution in [0.1, 0.15) is 32.6 Å². The first kappa shape index (κ1) is 12.2. The molecule has 1 aliphatic carbocycles. The summed E-state index contributed by atoms with van der Waals surface area (Å²) in [5.74, 6) is -0.960. The molecule has 0 aromatic rings. The number of rotatable bonds is 3. The van der Waals surface area contributed by atoms with Crippen molar-refractivity contribution >= 4 is 12.0 Å². The summed E-state index contributed by atoms with van der Waals surface area (Å²) in [6.45, 7) is 3.10. The van der Waals surface area contributed by atoms with Gasteiger partial charge in [0.05, 0.1) is 12.1 Å². The molecular formula is C11H18N2O4. The van der Waals surface area contributed by atoms with Crippen molar-refractivity contribution in [3.63, 3.8) is 0 Å². The van der Waals surface area contributed by atoms with Gasteiger partial charge >= 0.3 is 12.0 Å². The predicted octanol–water partition coefficient (Wildman–Crippen LogP) is 0.472. The quantitative estimate of drug-likeness (QED) is 0.671. The molecule has 1 saturated heterocycles. The van der Waals surface area contributed by atoms with Crippen LogP contribution in [0.3, 0.4) is 0 Å². The average molecular weight is 242 g/mol. The van der Waals surface area contributed by atoms with Gasteiger partial charge < -0.3 is 20.5 Å². The third-order valence-electron chi connectivity index (χ3n) is 3.37. The number of carboxylic acids is 1. The Morgan fingerprint density at radius 3 is 2.41 bits per heavy atom. The van der Waals surface area contributed by atoms with Crippen LogP contribution in [0.5, 0.6) is 0 Å². The fraction of sp³-hybridized carbons (Fsp3) is 0.818. The minimum atomic E-state index is -1.03. The number of aliphatic carboxylic acids is 1. The van der Waals surface area contributed by atoms with Crippen molar-refractivity contribution in [1.29, 1.82) is 0 Å². The molecule has 17 heavy (non-hydrogen) atoms. The number of hydrogen-bond donors (Lipinski definition) is 3. The number of urea groups is 1. The van der Waals surface area contributed by atoms with E-state index >= 15 is 0 Å². The molecule has 1 aliphatic heterocycles. The fourth-order valence-corrected chi connectivity index (χ4v) is 2.07. The van der Waals surface area contributed by atoms with Gasteiger partial charge in [-0.3, -0.25) is 0 Å². The van der Waals surface area contributed by atoms with Crippen LogP contribution in [0.4, 0.5) is 4.79 Å². The summed E-state index contributed by atoms with van der Waals surface area (Å²) in [7, 11) is 0. The summed E-state index contributed by atoms with van der Waals surface area (Å²) >= 11 is 0. The molecule has 3 N–H and O–H groups in total. The molecular weight excluding hydrogens is 224 g/mol. The third-order valence-corrected chi connectivity index (χ3v) is 3.37. The first-order valence-corrected chi connectivity index (χ1v) is 5.87. The molecule has 1 saturated carbocycles. The first-order valence-electron chi connectivity index (χ1n) is 5.87. The maximum Gasteiger partial charge on any atom is 0.329 e. The zero-order valence-electron chi connectivity index (χ0n) is 9.91. The normalized spacial score (nSPS) is 30.4. The molecule has 1 heterocycles. The van der Waals surface area contributed by atoms with E-state index in [1.54, 1.807) is 0 Å². The molecule has 6 nitrogen and oxygen atoms in total. The summed E-state index contributed by atoms with van der Waals surface area (Å²) in [6, 6.07) is -0.419. The number of hydrogen-bond acceptors (Lipinski definition) is 3. The Balaban J connectivity index is 1.87. The molecule has 0 bridgehead atoms. The van der Waals surface area contributed by atoms with Crippen molar-refractivity contribution in [3.8, 4) is 0 Å². The molecule has 0 radical (unpaired) electrons. The number of carbonyl (C=O) groups is 2. The van der Waals surface area contributed by atoms with Crippen LogP contribution in [-0.2, 0) is 9.53 Å². The van der Waals surface area contributed by atoms with Crippen molar-refractivity contribution in [2.45, 2.75) is 43.7 Å². The Bertz CT molecular complexity index is 332. The minimum absolute atomic E-state index is 0.392. The van der Waals surface area contributed by atoms with Crippen molar-refractivity contribution in [2.75, 3.05) is 13.2 Å². The maximum atomic E-state index is 11.7. The zero-order valence-corrected chi connectivity index (χ0v) is 9.91. The van der Waals surface area contributed by atoms with E-state index in [0.29, 0.717) is 19.4 Å². The van der Waals surface area contributed by atoms with Crippen molar-refractivity contribution in [2.24, 2.45) is 0 Å². The number of ether oxygens (including phenoxy) is 1. The second kappa shape index (κ2) is 4.18. The summed E-state index contributed by atoms with van der Waals surface area (Å²) in [6.07, 6.45) is 2.76. The van der Waals surface area contributed by atoms with Gasteiger partial charge in [-0.15, -0.1) is 0 Å². The predicted molar refractivity (Wildman–Crippen MR) is 59.7 cm³/mol. The topological polar surface area (TPSA) is 87.7 Å². The zero-order chi connectivity index (χ0) is 12.5. The lowest BCUT2D eigenvalue weighted by Gasteiger charge is -2.34.